The highest BCUT2D eigenvalue weighted by Crippen LogP contribution is 2.11. The summed E-state index contributed by atoms with van der Waals surface area (Å²) in [7, 11) is 1.76. The summed E-state index contributed by atoms with van der Waals surface area (Å²) in [6, 6.07) is 0. The molecule has 1 fully saturated rings. The Morgan fingerprint density at radius 3 is 2.44 bits per heavy atom. The number of aliphatic hydroxyl groups excluding tert-OH is 1. The number of piperidine rings is 1. The molecule has 0 aliphatic carbocycles. The lowest BCUT2D eigenvalue weighted by molar-refractivity contribution is 0.0260. The molecule has 1 N–H and O–H groups in total. The van der Waals surface area contributed by atoms with Crippen molar-refractivity contribution in [2.24, 2.45) is 0 Å². The topological polar surface area (TPSA) is 53.0 Å². The lowest BCUT2D eigenvalue weighted by Gasteiger charge is -2.31. The molecule has 0 aromatic heterocycles. The minimum absolute atomic E-state index is 0.148. The van der Waals surface area contributed by atoms with Gasteiger partial charge in [-0.05, 0) is 33.6 Å². The maximum Gasteiger partial charge on any atom is 0.410 e. The zero-order valence-electron chi connectivity index (χ0n) is 12.0. The van der Waals surface area contributed by atoms with Crippen molar-refractivity contribution in [3.05, 3.63) is 0 Å². The Kier molecular flexibility index (Phi) is 5.41. The van der Waals surface area contributed by atoms with E-state index in [0.29, 0.717) is 6.54 Å². The standard InChI is InChI=1S/C13H26N2O3/c1-13(2,3)18-12(17)14(4)9-10-15-7-5-11(16)6-8-15/h11,16H,5-10H2,1-4H3. The van der Waals surface area contributed by atoms with Gasteiger partial charge in [0.25, 0.3) is 0 Å². The number of nitrogens with zero attached hydrogens (tertiary/aromatic N) is 2. The van der Waals surface area contributed by atoms with Gasteiger partial charge in [-0.25, -0.2) is 4.79 Å². The fourth-order valence-electron chi connectivity index (χ4n) is 1.87. The van der Waals surface area contributed by atoms with Crippen molar-refractivity contribution >= 4 is 6.09 Å². The zero-order valence-corrected chi connectivity index (χ0v) is 12.0. The van der Waals surface area contributed by atoms with Crippen molar-refractivity contribution in [2.75, 3.05) is 33.2 Å². The number of hydrogen-bond acceptors (Lipinski definition) is 4. The number of likely N-dealkylation sites (N-methyl/N-ethyl adjacent to an activating group) is 1. The van der Waals surface area contributed by atoms with Crippen LogP contribution in [0.4, 0.5) is 4.79 Å². The smallest absolute Gasteiger partial charge is 0.410 e. The molecule has 0 aromatic carbocycles. The first kappa shape index (κ1) is 15.2. The molecule has 0 atom stereocenters. The number of likely N-dealkylation sites (tertiary alicyclic amines) is 1. The average molecular weight is 258 g/mol. The van der Waals surface area contributed by atoms with Crippen LogP contribution in [0.2, 0.25) is 0 Å². The van der Waals surface area contributed by atoms with E-state index in [1.165, 1.54) is 0 Å². The van der Waals surface area contributed by atoms with Gasteiger partial charge in [0.05, 0.1) is 6.10 Å². The number of aliphatic hydroxyl groups is 1. The molecule has 0 unspecified atom stereocenters. The summed E-state index contributed by atoms with van der Waals surface area (Å²) >= 11 is 0. The van der Waals surface area contributed by atoms with E-state index in [-0.39, 0.29) is 12.2 Å². The van der Waals surface area contributed by atoms with E-state index in [1.54, 1.807) is 11.9 Å². The van der Waals surface area contributed by atoms with Crippen LogP contribution in [0.3, 0.4) is 0 Å². The summed E-state index contributed by atoms with van der Waals surface area (Å²) in [5.74, 6) is 0. The van der Waals surface area contributed by atoms with E-state index >= 15 is 0 Å². The molecular weight excluding hydrogens is 232 g/mol. The molecule has 0 saturated carbocycles. The quantitative estimate of drug-likeness (QED) is 0.829. The summed E-state index contributed by atoms with van der Waals surface area (Å²) in [6.07, 6.45) is 1.23. The fraction of sp³-hybridized carbons (Fsp3) is 0.923. The second-order valence-corrected chi connectivity index (χ2v) is 5.97. The van der Waals surface area contributed by atoms with Gasteiger partial charge in [0, 0.05) is 33.2 Å². The summed E-state index contributed by atoms with van der Waals surface area (Å²) < 4.78 is 5.28. The van der Waals surface area contributed by atoms with Crippen LogP contribution in [0.15, 0.2) is 0 Å². The lowest BCUT2D eigenvalue weighted by Crippen LogP contribution is -2.42. The maximum absolute atomic E-state index is 11.7. The molecular formula is C13H26N2O3. The van der Waals surface area contributed by atoms with Gasteiger partial charge in [0.15, 0.2) is 0 Å². The second kappa shape index (κ2) is 6.38. The molecule has 0 spiro atoms. The highest BCUT2D eigenvalue weighted by Gasteiger charge is 2.21. The van der Waals surface area contributed by atoms with Gasteiger partial charge >= 0.3 is 6.09 Å². The summed E-state index contributed by atoms with van der Waals surface area (Å²) in [5.41, 5.74) is -0.444. The van der Waals surface area contributed by atoms with Gasteiger partial charge in [-0.2, -0.15) is 0 Å². The Balaban J connectivity index is 2.24. The zero-order chi connectivity index (χ0) is 13.8. The van der Waals surface area contributed by atoms with Crippen molar-refractivity contribution in [2.45, 2.75) is 45.3 Å². The first-order valence-electron chi connectivity index (χ1n) is 6.62. The van der Waals surface area contributed by atoms with Crippen LogP contribution < -0.4 is 0 Å². The van der Waals surface area contributed by atoms with Crippen molar-refractivity contribution in [3.63, 3.8) is 0 Å². The summed E-state index contributed by atoms with van der Waals surface area (Å²) in [6.45, 7) is 8.90. The third-order valence-corrected chi connectivity index (χ3v) is 3.01. The molecule has 0 aromatic rings. The van der Waals surface area contributed by atoms with Crippen molar-refractivity contribution in [1.29, 1.82) is 0 Å². The molecule has 1 saturated heterocycles. The van der Waals surface area contributed by atoms with E-state index in [4.69, 9.17) is 4.74 Å². The van der Waals surface area contributed by atoms with Crippen LogP contribution in [0.25, 0.3) is 0 Å². The number of carbonyl (C=O) groups excluding carboxylic acids is 1. The first-order valence-corrected chi connectivity index (χ1v) is 6.62. The van der Waals surface area contributed by atoms with Crippen molar-refractivity contribution < 1.29 is 14.6 Å². The van der Waals surface area contributed by atoms with E-state index in [9.17, 15) is 9.90 Å². The van der Waals surface area contributed by atoms with E-state index in [1.807, 2.05) is 20.8 Å². The Bertz CT molecular complexity index is 268. The van der Waals surface area contributed by atoms with Gasteiger partial charge in [-0.3, -0.25) is 0 Å². The number of hydrogen-bond donors (Lipinski definition) is 1. The van der Waals surface area contributed by atoms with Crippen LogP contribution in [-0.4, -0.2) is 65.9 Å². The minimum Gasteiger partial charge on any atom is -0.444 e. The van der Waals surface area contributed by atoms with Crippen LogP contribution in [-0.2, 0) is 4.74 Å². The van der Waals surface area contributed by atoms with E-state index in [2.05, 4.69) is 4.90 Å². The molecule has 18 heavy (non-hydrogen) atoms. The molecule has 1 heterocycles. The third-order valence-electron chi connectivity index (χ3n) is 3.01. The fourth-order valence-corrected chi connectivity index (χ4v) is 1.87. The van der Waals surface area contributed by atoms with Crippen molar-refractivity contribution in [3.8, 4) is 0 Å². The highest BCUT2D eigenvalue weighted by molar-refractivity contribution is 5.67. The van der Waals surface area contributed by atoms with Gasteiger partial charge in [-0.15, -0.1) is 0 Å². The van der Waals surface area contributed by atoms with Gasteiger partial charge in [0.2, 0.25) is 0 Å². The van der Waals surface area contributed by atoms with E-state index < -0.39 is 5.60 Å². The predicted octanol–water partition coefficient (Wildman–Crippen LogP) is 1.31. The third kappa shape index (κ3) is 5.69. The van der Waals surface area contributed by atoms with Crippen LogP contribution in [0, 0.1) is 0 Å². The Morgan fingerprint density at radius 2 is 1.94 bits per heavy atom. The molecule has 5 heteroatoms. The molecule has 1 aliphatic rings. The summed E-state index contributed by atoms with van der Waals surface area (Å²) in [5, 5.41) is 9.41. The van der Waals surface area contributed by atoms with Crippen LogP contribution >= 0.6 is 0 Å². The first-order chi connectivity index (χ1) is 8.28. The average Bonchev–Trinajstić information content (AvgIpc) is 2.25. The number of carbonyl (C=O) groups is 1. The molecule has 106 valence electrons. The SMILES string of the molecule is CN(CCN1CCC(O)CC1)C(=O)OC(C)(C)C. The number of rotatable bonds is 3. The molecule has 1 amide bonds. The Morgan fingerprint density at radius 1 is 1.39 bits per heavy atom. The second-order valence-electron chi connectivity index (χ2n) is 5.97. The Labute approximate surface area is 110 Å². The normalized spacial score (nSPS) is 18.7. The minimum atomic E-state index is -0.444. The largest absolute Gasteiger partial charge is 0.444 e. The molecule has 1 rings (SSSR count). The maximum atomic E-state index is 11.7. The van der Waals surface area contributed by atoms with Gasteiger partial charge < -0.3 is 19.6 Å². The van der Waals surface area contributed by atoms with Crippen LogP contribution in [0.1, 0.15) is 33.6 Å². The molecule has 1 aliphatic heterocycles. The molecule has 0 radical (unpaired) electrons. The van der Waals surface area contributed by atoms with Gasteiger partial charge in [0.1, 0.15) is 5.60 Å². The van der Waals surface area contributed by atoms with Crippen molar-refractivity contribution in [1.82, 2.24) is 9.80 Å². The molecule has 0 bridgehead atoms. The molecule has 5 nitrogen and oxygen atoms in total. The Hall–Kier alpha value is -0.810. The predicted molar refractivity (Wildman–Crippen MR) is 70.5 cm³/mol. The number of amides is 1. The number of ether oxygens (including phenoxy) is 1. The summed E-state index contributed by atoms with van der Waals surface area (Å²) in [4.78, 5) is 15.6. The lowest BCUT2D eigenvalue weighted by atomic mass is 10.1. The van der Waals surface area contributed by atoms with E-state index in [0.717, 1.165) is 32.5 Å². The monoisotopic (exact) mass is 258 g/mol. The van der Waals surface area contributed by atoms with Crippen LogP contribution in [0.5, 0.6) is 0 Å². The highest BCUT2D eigenvalue weighted by atomic mass is 16.6. The van der Waals surface area contributed by atoms with Gasteiger partial charge in [-0.1, -0.05) is 0 Å².